The number of nitrogens with zero attached hydrogens (tertiary/aromatic N) is 2. The Labute approximate surface area is 183 Å². The molecule has 5 nitrogen and oxygen atoms in total. The van der Waals surface area contributed by atoms with Crippen molar-refractivity contribution in [3.05, 3.63) is 41.6 Å². The fraction of sp³-hybridized carbons (Fsp3) is 0.500. The topological polar surface area (TPSA) is 51.7 Å². The predicted molar refractivity (Wildman–Crippen MR) is 120 cm³/mol. The molecule has 1 saturated heterocycles. The van der Waals surface area contributed by atoms with E-state index < -0.39 is 0 Å². The van der Waals surface area contributed by atoms with Crippen LogP contribution in [0.5, 0.6) is 5.75 Å². The van der Waals surface area contributed by atoms with Gasteiger partial charge in [-0.1, -0.05) is 6.07 Å². The average Bonchev–Trinajstić information content (AvgIpc) is 3.16. The lowest BCUT2D eigenvalue weighted by Crippen LogP contribution is -2.43. The second-order valence-corrected chi connectivity index (χ2v) is 9.32. The molecule has 0 radical (unpaired) electrons. The number of hydrogen-bond donors (Lipinski definition) is 0. The largest absolute Gasteiger partial charge is 0.488 e. The highest BCUT2D eigenvalue weighted by atomic mass is 32.2. The molecule has 2 aliphatic heterocycles. The number of pyridine rings is 1. The van der Waals surface area contributed by atoms with Gasteiger partial charge in [-0.3, -0.25) is 0 Å². The molecule has 1 fully saturated rings. The number of ether oxygens (including phenoxy) is 2. The number of carbonyl (C=O) groups excluding carboxylic acids is 1. The zero-order valence-electron chi connectivity index (χ0n) is 18.2. The summed E-state index contributed by atoms with van der Waals surface area (Å²) in [4.78, 5) is 20.1. The van der Waals surface area contributed by atoms with Gasteiger partial charge in [0.2, 0.25) is 0 Å². The van der Waals surface area contributed by atoms with E-state index in [2.05, 4.69) is 43.5 Å². The summed E-state index contributed by atoms with van der Waals surface area (Å²) in [5.74, 6) is 1.34. The van der Waals surface area contributed by atoms with Gasteiger partial charge in [0, 0.05) is 30.0 Å². The van der Waals surface area contributed by atoms with Crippen LogP contribution in [-0.2, 0) is 11.2 Å². The third-order valence-electron chi connectivity index (χ3n) is 5.97. The summed E-state index contributed by atoms with van der Waals surface area (Å²) in [5, 5.41) is 0. The van der Waals surface area contributed by atoms with E-state index in [-0.39, 0.29) is 18.3 Å². The molecular formula is C24H30N2O3S. The SMILES string of the molecule is CSc1ccc(-c2ccc3c(n2)CC(C2CCN(C(=O)OC(C)C)CC2)O3)c(C)c1. The number of rotatable bonds is 4. The van der Waals surface area contributed by atoms with E-state index in [1.165, 1.54) is 16.0 Å². The highest BCUT2D eigenvalue weighted by molar-refractivity contribution is 7.98. The molecule has 1 atom stereocenters. The van der Waals surface area contributed by atoms with Crippen LogP contribution >= 0.6 is 11.8 Å². The van der Waals surface area contributed by atoms with Crippen LogP contribution in [0.15, 0.2) is 35.2 Å². The summed E-state index contributed by atoms with van der Waals surface area (Å²) in [6.45, 7) is 7.36. The Balaban J connectivity index is 1.40. The van der Waals surface area contributed by atoms with Crippen LogP contribution in [0.2, 0.25) is 0 Å². The van der Waals surface area contributed by atoms with Gasteiger partial charge in [0.05, 0.1) is 17.5 Å². The van der Waals surface area contributed by atoms with Crippen molar-refractivity contribution < 1.29 is 14.3 Å². The van der Waals surface area contributed by atoms with Gasteiger partial charge in [-0.2, -0.15) is 0 Å². The maximum atomic E-state index is 12.1. The number of hydrogen-bond acceptors (Lipinski definition) is 5. The number of carbonyl (C=O) groups is 1. The first-order chi connectivity index (χ1) is 14.4. The lowest BCUT2D eigenvalue weighted by molar-refractivity contribution is 0.0502. The van der Waals surface area contributed by atoms with Gasteiger partial charge < -0.3 is 14.4 Å². The van der Waals surface area contributed by atoms with Crippen LogP contribution < -0.4 is 4.74 Å². The lowest BCUT2D eigenvalue weighted by Gasteiger charge is -2.34. The van der Waals surface area contributed by atoms with Gasteiger partial charge in [-0.15, -0.1) is 11.8 Å². The molecule has 0 bridgehead atoms. The molecule has 0 N–H and O–H groups in total. The van der Waals surface area contributed by atoms with Gasteiger partial charge in [-0.05, 0) is 75.6 Å². The Morgan fingerprint density at radius 3 is 2.67 bits per heavy atom. The van der Waals surface area contributed by atoms with Crippen LogP contribution in [0.25, 0.3) is 11.3 Å². The van der Waals surface area contributed by atoms with Gasteiger partial charge in [-0.25, -0.2) is 9.78 Å². The van der Waals surface area contributed by atoms with E-state index in [1.807, 2.05) is 18.7 Å². The summed E-state index contributed by atoms with van der Waals surface area (Å²) in [7, 11) is 0. The average molecular weight is 427 g/mol. The first-order valence-electron chi connectivity index (χ1n) is 10.7. The molecule has 160 valence electrons. The van der Waals surface area contributed by atoms with Crippen molar-refractivity contribution >= 4 is 17.9 Å². The minimum Gasteiger partial charge on any atom is -0.488 e. The molecule has 0 spiro atoms. The van der Waals surface area contributed by atoms with E-state index in [4.69, 9.17) is 14.5 Å². The molecule has 3 heterocycles. The summed E-state index contributed by atoms with van der Waals surface area (Å²) >= 11 is 1.75. The normalized spacial score (nSPS) is 19.0. The Bertz CT molecular complexity index is 923. The summed E-state index contributed by atoms with van der Waals surface area (Å²) in [6, 6.07) is 10.7. The first kappa shape index (κ1) is 21.0. The van der Waals surface area contributed by atoms with E-state index in [0.29, 0.717) is 5.92 Å². The molecule has 2 aromatic rings. The Morgan fingerprint density at radius 2 is 2.00 bits per heavy atom. The number of likely N-dealkylation sites (tertiary alicyclic amines) is 1. The van der Waals surface area contributed by atoms with Crippen LogP contribution in [-0.4, -0.2) is 47.5 Å². The van der Waals surface area contributed by atoms with Crippen LogP contribution in [0.4, 0.5) is 4.79 Å². The number of fused-ring (bicyclic) bond motifs is 1. The van der Waals surface area contributed by atoms with Crippen LogP contribution in [0.3, 0.4) is 0 Å². The number of benzene rings is 1. The van der Waals surface area contributed by atoms with Crippen LogP contribution in [0, 0.1) is 12.8 Å². The highest BCUT2D eigenvalue weighted by Gasteiger charge is 2.35. The Morgan fingerprint density at radius 1 is 1.23 bits per heavy atom. The molecule has 2 aliphatic rings. The number of aromatic nitrogens is 1. The first-order valence-corrected chi connectivity index (χ1v) is 11.9. The van der Waals surface area contributed by atoms with Crippen molar-refractivity contribution in [1.29, 1.82) is 0 Å². The van der Waals surface area contributed by atoms with E-state index in [9.17, 15) is 4.79 Å². The number of piperidine rings is 1. The minimum absolute atomic E-state index is 0.0799. The Hall–Kier alpha value is -2.21. The van der Waals surface area contributed by atoms with E-state index in [0.717, 1.165) is 49.5 Å². The van der Waals surface area contributed by atoms with E-state index in [1.54, 1.807) is 11.8 Å². The highest BCUT2D eigenvalue weighted by Crippen LogP contribution is 2.36. The summed E-state index contributed by atoms with van der Waals surface area (Å²) in [5.41, 5.74) is 4.48. The fourth-order valence-corrected chi connectivity index (χ4v) is 4.83. The molecular weight excluding hydrogens is 396 g/mol. The molecule has 1 aromatic carbocycles. The molecule has 6 heteroatoms. The van der Waals surface area contributed by atoms with Gasteiger partial charge in [0.1, 0.15) is 11.9 Å². The molecule has 1 aromatic heterocycles. The fourth-order valence-electron chi connectivity index (χ4n) is 4.33. The molecule has 0 aliphatic carbocycles. The molecule has 4 rings (SSSR count). The number of aryl methyl sites for hydroxylation is 1. The molecule has 0 saturated carbocycles. The standard InChI is InChI=1S/C24H30N2O3S/c1-15(2)28-24(27)26-11-9-17(10-12-26)23-14-21-22(29-23)8-7-20(25-21)19-6-5-18(30-4)13-16(19)3/h5-8,13,15,17,23H,9-12,14H2,1-4H3. The second-order valence-electron chi connectivity index (χ2n) is 8.44. The van der Waals surface area contributed by atoms with Gasteiger partial charge >= 0.3 is 6.09 Å². The van der Waals surface area contributed by atoms with Crippen molar-refractivity contribution in [2.24, 2.45) is 5.92 Å². The molecule has 1 unspecified atom stereocenters. The van der Waals surface area contributed by atoms with E-state index >= 15 is 0 Å². The number of thioether (sulfide) groups is 1. The predicted octanol–water partition coefficient (Wildman–Crippen LogP) is 5.34. The maximum Gasteiger partial charge on any atom is 0.410 e. The van der Waals surface area contributed by atoms with Crippen LogP contribution in [0.1, 0.15) is 37.9 Å². The summed E-state index contributed by atoms with van der Waals surface area (Å²) < 4.78 is 11.6. The maximum absolute atomic E-state index is 12.1. The van der Waals surface area contributed by atoms with Crippen molar-refractivity contribution in [2.45, 2.75) is 57.1 Å². The summed E-state index contributed by atoms with van der Waals surface area (Å²) in [6.07, 6.45) is 4.67. The molecule has 30 heavy (non-hydrogen) atoms. The second kappa shape index (κ2) is 8.88. The zero-order chi connectivity index (χ0) is 21.3. The lowest BCUT2D eigenvalue weighted by atomic mass is 9.90. The van der Waals surface area contributed by atoms with Gasteiger partial charge in [0.25, 0.3) is 0 Å². The van der Waals surface area contributed by atoms with Crippen molar-refractivity contribution in [3.8, 4) is 17.0 Å². The Kier molecular flexibility index (Phi) is 6.23. The van der Waals surface area contributed by atoms with Crippen molar-refractivity contribution in [3.63, 3.8) is 0 Å². The smallest absolute Gasteiger partial charge is 0.410 e. The van der Waals surface area contributed by atoms with Crippen molar-refractivity contribution in [1.82, 2.24) is 9.88 Å². The quantitative estimate of drug-likeness (QED) is 0.618. The third kappa shape index (κ3) is 4.43. The minimum atomic E-state index is -0.201. The zero-order valence-corrected chi connectivity index (χ0v) is 19.0. The third-order valence-corrected chi connectivity index (χ3v) is 6.70. The monoisotopic (exact) mass is 426 g/mol. The van der Waals surface area contributed by atoms with Gasteiger partial charge in [0.15, 0.2) is 0 Å². The van der Waals surface area contributed by atoms with Crippen molar-refractivity contribution in [2.75, 3.05) is 19.3 Å². The number of amides is 1. The molecule has 1 amide bonds.